The van der Waals surface area contributed by atoms with Crippen molar-refractivity contribution in [3.63, 3.8) is 0 Å². The number of hydrogen-bond donors (Lipinski definition) is 0. The number of benzene rings is 3. The molecule has 39 heavy (non-hydrogen) atoms. The Balaban J connectivity index is 1.29. The van der Waals surface area contributed by atoms with E-state index in [1.165, 1.54) is 22.4 Å². The molecule has 1 fully saturated rings. The summed E-state index contributed by atoms with van der Waals surface area (Å²) in [5.41, 5.74) is 5.65. The van der Waals surface area contributed by atoms with E-state index in [0.29, 0.717) is 38.3 Å². The second-order valence-corrected chi connectivity index (χ2v) is 10.7. The maximum atomic E-state index is 13.1. The third kappa shape index (κ3) is 4.73. The van der Waals surface area contributed by atoms with E-state index in [-0.39, 0.29) is 11.6 Å². The molecule has 5 aromatic rings. The molecule has 198 valence electrons. The fourth-order valence-corrected chi connectivity index (χ4v) is 6.28. The highest BCUT2D eigenvalue weighted by molar-refractivity contribution is 7.23. The summed E-state index contributed by atoms with van der Waals surface area (Å²) in [4.78, 5) is 33.9. The van der Waals surface area contributed by atoms with Gasteiger partial charge in [-0.2, -0.15) is 0 Å². The first-order chi connectivity index (χ1) is 18.9. The molecule has 3 heterocycles. The third-order valence-corrected chi connectivity index (χ3v) is 8.18. The molecule has 0 radical (unpaired) electrons. The van der Waals surface area contributed by atoms with Gasteiger partial charge in [0.2, 0.25) is 0 Å². The number of carbonyl (C=O) groups excluding carboxylic acids is 1. The molecule has 1 aliphatic heterocycles. The lowest BCUT2D eigenvalue weighted by atomic mass is 10.1. The highest BCUT2D eigenvalue weighted by atomic mass is 32.1. The van der Waals surface area contributed by atoms with Crippen molar-refractivity contribution in [3.8, 4) is 17.0 Å². The van der Waals surface area contributed by atoms with Crippen molar-refractivity contribution >= 4 is 38.1 Å². The summed E-state index contributed by atoms with van der Waals surface area (Å²) in [5.74, 6) is 0.602. The van der Waals surface area contributed by atoms with Crippen molar-refractivity contribution in [2.45, 2.75) is 13.5 Å². The Labute approximate surface area is 229 Å². The highest BCUT2D eigenvalue weighted by Gasteiger charge is 2.26. The van der Waals surface area contributed by atoms with E-state index < -0.39 is 4.92 Å². The van der Waals surface area contributed by atoms with Gasteiger partial charge in [-0.25, -0.2) is 4.98 Å². The zero-order valence-corrected chi connectivity index (χ0v) is 22.5. The van der Waals surface area contributed by atoms with Gasteiger partial charge in [0.05, 0.1) is 33.6 Å². The third-order valence-electron chi connectivity index (χ3n) is 7.18. The summed E-state index contributed by atoms with van der Waals surface area (Å²) < 4.78 is 8.94. The Morgan fingerprint density at radius 1 is 1.05 bits per heavy atom. The number of aryl methyl sites for hydroxylation is 1. The number of nitro groups is 1. The van der Waals surface area contributed by atoms with E-state index in [2.05, 4.69) is 40.5 Å². The molecule has 1 aliphatic rings. The Morgan fingerprint density at radius 3 is 2.62 bits per heavy atom. The Bertz CT molecular complexity index is 1720. The lowest BCUT2D eigenvalue weighted by molar-refractivity contribution is -0.384. The summed E-state index contributed by atoms with van der Waals surface area (Å²) in [7, 11) is 1.66. The van der Waals surface area contributed by atoms with Crippen molar-refractivity contribution in [1.29, 1.82) is 0 Å². The number of thiazole rings is 1. The van der Waals surface area contributed by atoms with E-state index in [9.17, 15) is 14.9 Å². The first-order valence-electron chi connectivity index (χ1n) is 12.7. The second-order valence-electron chi connectivity index (χ2n) is 9.71. The molecule has 10 heteroatoms. The molecule has 0 atom stereocenters. The van der Waals surface area contributed by atoms with Gasteiger partial charge in [-0.3, -0.25) is 24.2 Å². The van der Waals surface area contributed by atoms with E-state index >= 15 is 0 Å². The van der Waals surface area contributed by atoms with E-state index in [0.717, 1.165) is 33.2 Å². The predicted octanol–water partition coefficient (Wildman–Crippen LogP) is 5.40. The maximum Gasteiger partial charge on any atom is 0.270 e. The van der Waals surface area contributed by atoms with Crippen LogP contribution in [0.3, 0.4) is 0 Å². The number of ether oxygens (including phenoxy) is 1. The number of imidazole rings is 1. The Hall–Kier alpha value is -4.28. The van der Waals surface area contributed by atoms with Gasteiger partial charge in [-0.05, 0) is 42.8 Å². The van der Waals surface area contributed by atoms with Crippen molar-refractivity contribution in [2.24, 2.45) is 0 Å². The zero-order chi connectivity index (χ0) is 27.1. The second kappa shape index (κ2) is 10.1. The number of aromatic nitrogens is 2. The largest absolute Gasteiger partial charge is 0.497 e. The van der Waals surface area contributed by atoms with Gasteiger partial charge < -0.3 is 9.64 Å². The van der Waals surface area contributed by atoms with Gasteiger partial charge in [0.15, 0.2) is 4.96 Å². The van der Waals surface area contributed by atoms with Crippen LogP contribution in [0.5, 0.6) is 5.75 Å². The average molecular weight is 542 g/mol. The van der Waals surface area contributed by atoms with Gasteiger partial charge in [0.1, 0.15) is 5.75 Å². The highest BCUT2D eigenvalue weighted by Crippen LogP contribution is 2.35. The minimum atomic E-state index is -0.476. The minimum Gasteiger partial charge on any atom is -0.497 e. The number of non-ortho nitro benzene ring substituents is 1. The zero-order valence-electron chi connectivity index (χ0n) is 21.7. The van der Waals surface area contributed by atoms with Crippen molar-refractivity contribution in [1.82, 2.24) is 19.2 Å². The number of hydrogen-bond acceptors (Lipinski definition) is 7. The molecule has 1 saturated heterocycles. The van der Waals surface area contributed by atoms with Gasteiger partial charge in [0, 0.05) is 56.0 Å². The van der Waals surface area contributed by atoms with Gasteiger partial charge in [-0.15, -0.1) is 0 Å². The van der Waals surface area contributed by atoms with Crippen LogP contribution in [-0.2, 0) is 6.54 Å². The minimum absolute atomic E-state index is 0.0764. The summed E-state index contributed by atoms with van der Waals surface area (Å²) in [6.07, 6.45) is 0. The lowest BCUT2D eigenvalue weighted by Gasteiger charge is -2.34. The van der Waals surface area contributed by atoms with Gasteiger partial charge in [-0.1, -0.05) is 35.6 Å². The molecule has 6 rings (SSSR count). The first kappa shape index (κ1) is 25.0. The number of nitrogens with zero attached hydrogens (tertiary/aromatic N) is 5. The fraction of sp³-hybridized carbons (Fsp3) is 0.241. The van der Waals surface area contributed by atoms with E-state index in [1.807, 2.05) is 18.2 Å². The molecule has 0 bridgehead atoms. The van der Waals surface area contributed by atoms with Crippen LogP contribution in [0.2, 0.25) is 0 Å². The van der Waals surface area contributed by atoms with Crippen LogP contribution in [-0.4, -0.2) is 63.3 Å². The number of carbonyl (C=O) groups is 1. The molecule has 2 aromatic heterocycles. The average Bonchev–Trinajstić information content (AvgIpc) is 3.49. The quantitative estimate of drug-likeness (QED) is 0.211. The van der Waals surface area contributed by atoms with Crippen LogP contribution in [0.15, 0.2) is 66.7 Å². The fourth-order valence-electron chi connectivity index (χ4n) is 5.14. The molecule has 3 aromatic carbocycles. The predicted molar refractivity (Wildman–Crippen MR) is 152 cm³/mol. The molecule has 0 saturated carbocycles. The summed E-state index contributed by atoms with van der Waals surface area (Å²) in [5, 5.41) is 11.1. The topological polar surface area (TPSA) is 93.2 Å². The molecular formula is C29H27N5O4S. The molecule has 0 aliphatic carbocycles. The van der Waals surface area contributed by atoms with Crippen molar-refractivity contribution < 1.29 is 14.5 Å². The smallest absolute Gasteiger partial charge is 0.270 e. The monoisotopic (exact) mass is 541 g/mol. The van der Waals surface area contributed by atoms with Crippen molar-refractivity contribution in [2.75, 3.05) is 33.3 Å². The summed E-state index contributed by atoms with van der Waals surface area (Å²) >= 11 is 1.68. The number of amides is 1. The molecular weight excluding hydrogens is 514 g/mol. The van der Waals surface area contributed by atoms with Crippen molar-refractivity contribution in [3.05, 3.63) is 93.7 Å². The molecule has 0 unspecified atom stereocenters. The van der Waals surface area contributed by atoms with Gasteiger partial charge >= 0.3 is 0 Å². The number of piperazine rings is 1. The van der Waals surface area contributed by atoms with Crippen LogP contribution in [0, 0.1) is 17.0 Å². The summed E-state index contributed by atoms with van der Waals surface area (Å²) in [6.45, 7) is 5.23. The van der Waals surface area contributed by atoms with Crippen LogP contribution < -0.4 is 4.74 Å². The molecule has 0 N–H and O–H groups in total. The SMILES string of the molecule is COc1cccc(-c2nc3sc4cc(C)ccc4n3c2CN2CCN(C(=O)c3cccc([N+](=O)[O-])c3)CC2)c1. The van der Waals surface area contributed by atoms with Gasteiger partial charge in [0.25, 0.3) is 11.6 Å². The number of nitro benzene ring substituents is 1. The van der Waals surface area contributed by atoms with E-state index in [4.69, 9.17) is 9.72 Å². The molecule has 0 spiro atoms. The molecule has 9 nitrogen and oxygen atoms in total. The van der Waals surface area contributed by atoms with Crippen LogP contribution >= 0.6 is 11.3 Å². The lowest BCUT2D eigenvalue weighted by Crippen LogP contribution is -2.48. The summed E-state index contributed by atoms with van der Waals surface area (Å²) in [6, 6.07) is 20.4. The normalized spacial score (nSPS) is 14.3. The number of methoxy groups -OCH3 is 1. The van der Waals surface area contributed by atoms with E-state index in [1.54, 1.807) is 35.5 Å². The van der Waals surface area contributed by atoms with Crippen LogP contribution in [0.25, 0.3) is 26.4 Å². The van der Waals surface area contributed by atoms with Crippen LogP contribution in [0.4, 0.5) is 5.69 Å². The number of fused-ring (bicyclic) bond motifs is 3. The first-order valence-corrected chi connectivity index (χ1v) is 13.5. The Morgan fingerprint density at radius 2 is 1.85 bits per heavy atom. The molecule has 1 amide bonds. The number of rotatable bonds is 6. The van der Waals surface area contributed by atoms with Crippen LogP contribution in [0.1, 0.15) is 21.6 Å². The standard InChI is InChI=1S/C29H27N5O4S/c1-19-9-10-24-26(15-19)39-29-30-27(20-5-4-8-23(17-20)38-2)25(33(24)29)18-31-11-13-32(14-12-31)28(35)21-6-3-7-22(16-21)34(36)37/h3-10,15-17H,11-14,18H2,1-2H3. The Kier molecular flexibility index (Phi) is 6.49. The maximum absolute atomic E-state index is 13.1.